The SMILES string of the molecule is C[C@@]1(c2ccccc2)[C@@H]2ON=C(c3ccc([N+](=O)[O-])cc3)[C@@H]21. The summed E-state index contributed by atoms with van der Waals surface area (Å²) in [5.41, 5.74) is 3.02. The number of fused-ring (bicyclic) bond motifs is 1. The maximum Gasteiger partial charge on any atom is 0.269 e. The highest BCUT2D eigenvalue weighted by Gasteiger charge is 2.70. The molecule has 4 rings (SSSR count). The van der Waals surface area contributed by atoms with Gasteiger partial charge < -0.3 is 4.84 Å². The van der Waals surface area contributed by atoms with E-state index in [0.717, 1.165) is 11.3 Å². The second kappa shape index (κ2) is 4.40. The van der Waals surface area contributed by atoms with Gasteiger partial charge in [-0.1, -0.05) is 42.4 Å². The van der Waals surface area contributed by atoms with Gasteiger partial charge in [0.25, 0.3) is 5.69 Å². The van der Waals surface area contributed by atoms with E-state index in [4.69, 9.17) is 4.84 Å². The number of nitro groups is 1. The minimum absolute atomic E-state index is 0.0556. The Hall–Kier alpha value is -2.69. The summed E-state index contributed by atoms with van der Waals surface area (Å²) in [6.45, 7) is 2.18. The van der Waals surface area contributed by atoms with Crippen LogP contribution >= 0.6 is 0 Å². The van der Waals surface area contributed by atoms with E-state index in [-0.39, 0.29) is 23.1 Å². The third-order valence-corrected chi connectivity index (χ3v) is 4.76. The molecule has 0 spiro atoms. The number of nitro benzene ring substituents is 1. The summed E-state index contributed by atoms with van der Waals surface area (Å²) < 4.78 is 0. The molecule has 5 nitrogen and oxygen atoms in total. The van der Waals surface area contributed by atoms with E-state index in [2.05, 4.69) is 24.2 Å². The van der Waals surface area contributed by atoms with Crippen molar-refractivity contribution in [2.45, 2.75) is 18.4 Å². The van der Waals surface area contributed by atoms with E-state index in [1.807, 2.05) is 18.2 Å². The number of hydrogen-bond donors (Lipinski definition) is 0. The van der Waals surface area contributed by atoms with Crippen LogP contribution in [0.15, 0.2) is 59.8 Å². The molecule has 3 atom stereocenters. The van der Waals surface area contributed by atoms with Crippen LogP contribution in [0.3, 0.4) is 0 Å². The van der Waals surface area contributed by atoms with Crippen molar-refractivity contribution in [3.8, 4) is 0 Å². The van der Waals surface area contributed by atoms with Gasteiger partial charge in [0.2, 0.25) is 0 Å². The predicted octanol–water partition coefficient (Wildman–Crippen LogP) is 3.29. The summed E-state index contributed by atoms with van der Waals surface area (Å²) in [7, 11) is 0. The van der Waals surface area contributed by atoms with Crippen molar-refractivity contribution in [3.63, 3.8) is 0 Å². The Morgan fingerprint density at radius 3 is 2.45 bits per heavy atom. The highest BCUT2D eigenvalue weighted by molar-refractivity contribution is 6.07. The molecule has 110 valence electrons. The monoisotopic (exact) mass is 294 g/mol. The van der Waals surface area contributed by atoms with Crippen molar-refractivity contribution in [2.75, 3.05) is 0 Å². The number of nitrogens with zero attached hydrogens (tertiary/aromatic N) is 2. The van der Waals surface area contributed by atoms with Crippen LogP contribution in [-0.2, 0) is 10.3 Å². The standard InChI is InChI=1S/C17H14N2O3/c1-17(12-5-3-2-4-6-12)14-15(18-22-16(14)17)11-7-9-13(10-8-11)19(20)21/h2-10,14,16H,1H3/t14-,16+,17-/m0/s1. The fourth-order valence-electron chi connectivity index (χ4n) is 3.37. The molecule has 22 heavy (non-hydrogen) atoms. The quantitative estimate of drug-likeness (QED) is 0.644. The van der Waals surface area contributed by atoms with Gasteiger partial charge in [-0.3, -0.25) is 10.1 Å². The van der Waals surface area contributed by atoms with Crippen LogP contribution in [0.4, 0.5) is 5.69 Å². The van der Waals surface area contributed by atoms with Crippen LogP contribution in [0.2, 0.25) is 0 Å². The van der Waals surface area contributed by atoms with Crippen LogP contribution in [0, 0.1) is 16.0 Å². The molecule has 0 unspecified atom stereocenters. The first kappa shape index (κ1) is 13.0. The molecule has 0 saturated heterocycles. The van der Waals surface area contributed by atoms with Crippen LogP contribution in [0.25, 0.3) is 0 Å². The molecule has 0 N–H and O–H groups in total. The highest BCUT2D eigenvalue weighted by atomic mass is 16.7. The molecule has 1 aliphatic heterocycles. The second-order valence-corrected chi connectivity index (χ2v) is 5.93. The lowest BCUT2D eigenvalue weighted by Gasteiger charge is -2.14. The lowest BCUT2D eigenvalue weighted by atomic mass is 9.92. The molecule has 0 amide bonds. The largest absolute Gasteiger partial charge is 0.391 e. The number of hydrogen-bond acceptors (Lipinski definition) is 4. The minimum Gasteiger partial charge on any atom is -0.391 e. The summed E-state index contributed by atoms with van der Waals surface area (Å²) in [4.78, 5) is 15.9. The van der Waals surface area contributed by atoms with E-state index in [0.29, 0.717) is 0 Å². The van der Waals surface area contributed by atoms with E-state index in [1.165, 1.54) is 17.7 Å². The van der Waals surface area contributed by atoms with Crippen molar-refractivity contribution in [2.24, 2.45) is 11.1 Å². The number of benzene rings is 2. The lowest BCUT2D eigenvalue weighted by Crippen LogP contribution is -2.15. The van der Waals surface area contributed by atoms with Gasteiger partial charge in [0.05, 0.1) is 16.6 Å². The van der Waals surface area contributed by atoms with Crippen LogP contribution in [-0.4, -0.2) is 16.7 Å². The second-order valence-electron chi connectivity index (χ2n) is 5.93. The maximum atomic E-state index is 10.7. The molecule has 0 aromatic heterocycles. The van der Waals surface area contributed by atoms with Gasteiger partial charge >= 0.3 is 0 Å². The molecule has 1 aliphatic carbocycles. The van der Waals surface area contributed by atoms with Gasteiger partial charge in [-0.15, -0.1) is 0 Å². The Bertz CT molecular complexity index is 770. The normalized spacial score (nSPS) is 28.5. The summed E-state index contributed by atoms with van der Waals surface area (Å²) >= 11 is 0. The fourth-order valence-corrected chi connectivity index (χ4v) is 3.37. The Balaban J connectivity index is 1.64. The van der Waals surface area contributed by atoms with E-state index in [1.54, 1.807) is 12.1 Å². The summed E-state index contributed by atoms with van der Waals surface area (Å²) in [5.74, 6) is 0.205. The molecule has 0 bridgehead atoms. The van der Waals surface area contributed by atoms with Crippen molar-refractivity contribution in [1.82, 2.24) is 0 Å². The third-order valence-electron chi connectivity index (χ3n) is 4.76. The number of rotatable bonds is 3. The first-order valence-corrected chi connectivity index (χ1v) is 7.16. The van der Waals surface area contributed by atoms with Crippen molar-refractivity contribution in [1.29, 1.82) is 0 Å². The molecule has 1 saturated carbocycles. The lowest BCUT2D eigenvalue weighted by molar-refractivity contribution is -0.384. The fraction of sp³-hybridized carbons (Fsp3) is 0.235. The molecular weight excluding hydrogens is 280 g/mol. The van der Waals surface area contributed by atoms with Gasteiger partial charge in [0.15, 0.2) is 0 Å². The van der Waals surface area contributed by atoms with Gasteiger partial charge in [0, 0.05) is 23.1 Å². The first-order valence-electron chi connectivity index (χ1n) is 7.16. The molecule has 2 aliphatic rings. The van der Waals surface area contributed by atoms with Gasteiger partial charge in [-0.05, 0) is 17.7 Å². The molecule has 5 heteroatoms. The Labute approximate surface area is 127 Å². The zero-order valence-electron chi connectivity index (χ0n) is 12.0. The maximum absolute atomic E-state index is 10.7. The summed E-state index contributed by atoms with van der Waals surface area (Å²) in [5, 5.41) is 14.9. The van der Waals surface area contributed by atoms with Gasteiger partial charge in [-0.25, -0.2) is 0 Å². The zero-order chi connectivity index (χ0) is 15.3. The summed E-state index contributed by atoms with van der Waals surface area (Å²) in [6.07, 6.45) is 0.0556. The van der Waals surface area contributed by atoms with Crippen molar-refractivity contribution >= 4 is 11.4 Å². The Morgan fingerprint density at radius 2 is 1.82 bits per heavy atom. The minimum atomic E-state index is -0.398. The Morgan fingerprint density at radius 1 is 1.14 bits per heavy atom. The average Bonchev–Trinajstić information content (AvgIpc) is 2.94. The van der Waals surface area contributed by atoms with Gasteiger partial charge in [-0.2, -0.15) is 0 Å². The van der Waals surface area contributed by atoms with E-state index < -0.39 is 4.92 Å². The van der Waals surface area contributed by atoms with Crippen molar-refractivity contribution < 1.29 is 9.76 Å². The topological polar surface area (TPSA) is 64.7 Å². The van der Waals surface area contributed by atoms with E-state index in [9.17, 15) is 10.1 Å². The molecule has 0 radical (unpaired) electrons. The van der Waals surface area contributed by atoms with Crippen LogP contribution in [0.1, 0.15) is 18.1 Å². The predicted molar refractivity (Wildman–Crippen MR) is 81.8 cm³/mol. The number of non-ortho nitro benzene ring substituents is 1. The number of oxime groups is 1. The molecule has 1 fully saturated rings. The zero-order valence-corrected chi connectivity index (χ0v) is 12.0. The molecule has 1 heterocycles. The molecule has 2 aromatic carbocycles. The van der Waals surface area contributed by atoms with Crippen molar-refractivity contribution in [3.05, 3.63) is 75.8 Å². The smallest absolute Gasteiger partial charge is 0.269 e. The third kappa shape index (κ3) is 1.68. The first-order chi connectivity index (χ1) is 10.6. The Kier molecular flexibility index (Phi) is 2.60. The van der Waals surface area contributed by atoms with Crippen LogP contribution in [0.5, 0.6) is 0 Å². The molecule has 2 aromatic rings. The molecular formula is C17H14N2O3. The highest BCUT2D eigenvalue weighted by Crippen LogP contribution is 2.60. The average molecular weight is 294 g/mol. The summed E-state index contributed by atoms with van der Waals surface area (Å²) in [6, 6.07) is 16.8. The van der Waals surface area contributed by atoms with Gasteiger partial charge in [0.1, 0.15) is 6.10 Å². The van der Waals surface area contributed by atoms with Crippen LogP contribution < -0.4 is 0 Å². The van der Waals surface area contributed by atoms with E-state index >= 15 is 0 Å².